The van der Waals surface area contributed by atoms with Gasteiger partial charge < -0.3 is 9.47 Å². The third-order valence-electron chi connectivity index (χ3n) is 3.71. The van der Waals surface area contributed by atoms with Gasteiger partial charge >= 0.3 is 0 Å². The minimum Gasteiger partial charge on any atom is -0.335 e. The Morgan fingerprint density at radius 3 is 2.91 bits per heavy atom. The molecular weight excluding hydrogens is 310 g/mol. The number of nitrogens with zero attached hydrogens (tertiary/aromatic N) is 3. The number of hydrogen-bond donors (Lipinski definition) is 0. The molecule has 1 aromatic heterocycles. The number of imidazole rings is 1. The molecule has 1 aromatic carbocycles. The van der Waals surface area contributed by atoms with Crippen LogP contribution in [0.3, 0.4) is 0 Å². The van der Waals surface area contributed by atoms with E-state index >= 15 is 0 Å². The zero-order valence-electron chi connectivity index (χ0n) is 13.4. The molecule has 0 N–H and O–H groups in total. The number of aromatic nitrogens is 2. The third-order valence-corrected chi connectivity index (χ3v) is 4.07. The number of benzene rings is 1. The molecule has 0 unspecified atom stereocenters. The summed E-state index contributed by atoms with van der Waals surface area (Å²) in [6.07, 6.45) is 6.72. The van der Waals surface area contributed by atoms with Crippen molar-refractivity contribution in [1.82, 2.24) is 14.5 Å². The summed E-state index contributed by atoms with van der Waals surface area (Å²) in [7, 11) is 0. The van der Waals surface area contributed by atoms with E-state index in [4.69, 9.17) is 11.6 Å². The minimum atomic E-state index is 0.0839. The molecule has 0 saturated carbocycles. The lowest BCUT2D eigenvalue weighted by atomic mass is 10.2. The predicted octanol–water partition coefficient (Wildman–Crippen LogP) is 3.70. The lowest BCUT2D eigenvalue weighted by Crippen LogP contribution is -2.31. The van der Waals surface area contributed by atoms with Crippen LogP contribution in [0.4, 0.5) is 0 Å². The van der Waals surface area contributed by atoms with Crippen molar-refractivity contribution < 1.29 is 4.79 Å². The quantitative estimate of drug-likeness (QED) is 0.692. The standard InChI is InChI=1S/C18H22ClN3O/c1-3-11-22(14-15-7-5-6-8-16(15)19)18(23)9-12-21-13-10-20-17(21)4-2/h3,5-8,10,13H,1,4,9,11-12,14H2,2H3. The van der Waals surface area contributed by atoms with Crippen molar-refractivity contribution in [1.29, 1.82) is 0 Å². The van der Waals surface area contributed by atoms with Crippen molar-refractivity contribution in [3.05, 3.63) is 65.7 Å². The Hall–Kier alpha value is -2.07. The van der Waals surface area contributed by atoms with Crippen LogP contribution in [0.15, 0.2) is 49.3 Å². The van der Waals surface area contributed by atoms with Crippen molar-refractivity contribution in [2.24, 2.45) is 0 Å². The molecule has 0 aliphatic carbocycles. The second-order valence-electron chi connectivity index (χ2n) is 5.29. The Kier molecular flexibility index (Phi) is 6.41. The second-order valence-corrected chi connectivity index (χ2v) is 5.70. The van der Waals surface area contributed by atoms with Crippen LogP contribution in [0.5, 0.6) is 0 Å². The zero-order chi connectivity index (χ0) is 16.7. The highest BCUT2D eigenvalue weighted by Crippen LogP contribution is 2.17. The van der Waals surface area contributed by atoms with E-state index in [1.54, 1.807) is 17.2 Å². The molecule has 23 heavy (non-hydrogen) atoms. The van der Waals surface area contributed by atoms with E-state index in [1.807, 2.05) is 35.0 Å². The van der Waals surface area contributed by atoms with Crippen LogP contribution in [0.1, 0.15) is 24.7 Å². The highest BCUT2D eigenvalue weighted by Gasteiger charge is 2.14. The summed E-state index contributed by atoms with van der Waals surface area (Å²) in [4.78, 5) is 18.6. The van der Waals surface area contributed by atoms with E-state index < -0.39 is 0 Å². The molecule has 0 radical (unpaired) electrons. The first-order chi connectivity index (χ1) is 11.2. The van der Waals surface area contributed by atoms with Crippen LogP contribution >= 0.6 is 11.6 Å². The van der Waals surface area contributed by atoms with Gasteiger partial charge in [-0.1, -0.05) is 42.8 Å². The summed E-state index contributed by atoms with van der Waals surface area (Å²) in [6, 6.07) is 7.59. The lowest BCUT2D eigenvalue weighted by molar-refractivity contribution is -0.131. The number of carbonyl (C=O) groups excluding carboxylic acids is 1. The van der Waals surface area contributed by atoms with Gasteiger partial charge in [-0.3, -0.25) is 4.79 Å². The minimum absolute atomic E-state index is 0.0839. The van der Waals surface area contributed by atoms with Gasteiger partial charge in [-0.25, -0.2) is 4.98 Å². The number of aryl methyl sites for hydroxylation is 2. The van der Waals surface area contributed by atoms with E-state index in [2.05, 4.69) is 18.5 Å². The third kappa shape index (κ3) is 4.70. The van der Waals surface area contributed by atoms with Crippen molar-refractivity contribution in [3.8, 4) is 0 Å². The van der Waals surface area contributed by atoms with Crippen LogP contribution in [-0.4, -0.2) is 26.9 Å². The molecule has 2 aromatic rings. The zero-order valence-corrected chi connectivity index (χ0v) is 14.2. The molecule has 0 bridgehead atoms. The molecule has 1 amide bonds. The molecule has 0 saturated heterocycles. The average Bonchev–Trinajstić information content (AvgIpc) is 3.01. The van der Waals surface area contributed by atoms with Crippen LogP contribution in [-0.2, 0) is 24.3 Å². The molecular formula is C18H22ClN3O. The first-order valence-electron chi connectivity index (χ1n) is 7.77. The predicted molar refractivity (Wildman–Crippen MR) is 93.3 cm³/mol. The summed E-state index contributed by atoms with van der Waals surface area (Å²) in [5.41, 5.74) is 0.946. The Balaban J connectivity index is 2.01. The molecule has 2 rings (SSSR count). The Labute approximate surface area is 142 Å². The number of halogens is 1. The second kappa shape index (κ2) is 8.53. The van der Waals surface area contributed by atoms with Crippen LogP contribution in [0, 0.1) is 0 Å². The van der Waals surface area contributed by atoms with Gasteiger partial charge in [0.25, 0.3) is 0 Å². The molecule has 0 aliphatic rings. The first-order valence-corrected chi connectivity index (χ1v) is 8.15. The highest BCUT2D eigenvalue weighted by atomic mass is 35.5. The van der Waals surface area contributed by atoms with Crippen LogP contribution < -0.4 is 0 Å². The summed E-state index contributed by atoms with van der Waals surface area (Å²) < 4.78 is 2.03. The number of rotatable bonds is 8. The van der Waals surface area contributed by atoms with Crippen molar-refractivity contribution >= 4 is 17.5 Å². The van der Waals surface area contributed by atoms with Gasteiger partial charge in [0.2, 0.25) is 5.91 Å². The monoisotopic (exact) mass is 331 g/mol. The normalized spacial score (nSPS) is 10.5. The SMILES string of the molecule is C=CCN(Cc1ccccc1Cl)C(=O)CCn1ccnc1CC. The van der Waals surface area contributed by atoms with E-state index in [1.165, 1.54) is 0 Å². The molecule has 0 atom stereocenters. The van der Waals surface area contributed by atoms with Gasteiger partial charge in [-0.05, 0) is 11.6 Å². The summed E-state index contributed by atoms with van der Waals surface area (Å²) in [5, 5.41) is 0.678. The summed E-state index contributed by atoms with van der Waals surface area (Å²) in [6.45, 7) is 7.44. The molecule has 5 heteroatoms. The number of hydrogen-bond acceptors (Lipinski definition) is 2. The maximum atomic E-state index is 12.5. The maximum absolute atomic E-state index is 12.5. The maximum Gasteiger partial charge on any atom is 0.224 e. The highest BCUT2D eigenvalue weighted by molar-refractivity contribution is 6.31. The fourth-order valence-electron chi connectivity index (χ4n) is 2.47. The van der Waals surface area contributed by atoms with E-state index in [0.29, 0.717) is 31.1 Å². The van der Waals surface area contributed by atoms with Crippen molar-refractivity contribution in [2.75, 3.05) is 6.54 Å². The van der Waals surface area contributed by atoms with Gasteiger partial charge in [-0.15, -0.1) is 6.58 Å². The fourth-order valence-corrected chi connectivity index (χ4v) is 2.67. The number of carbonyl (C=O) groups is 1. The Bertz CT molecular complexity index is 666. The van der Waals surface area contributed by atoms with E-state index in [0.717, 1.165) is 17.8 Å². The summed E-state index contributed by atoms with van der Waals surface area (Å²) >= 11 is 6.19. The van der Waals surface area contributed by atoms with Gasteiger partial charge in [0.15, 0.2) is 0 Å². The van der Waals surface area contributed by atoms with E-state index in [-0.39, 0.29) is 5.91 Å². The molecule has 0 fully saturated rings. The smallest absolute Gasteiger partial charge is 0.224 e. The molecule has 0 spiro atoms. The van der Waals surface area contributed by atoms with Gasteiger partial charge in [0.1, 0.15) is 5.82 Å². The molecule has 0 aliphatic heterocycles. The summed E-state index contributed by atoms with van der Waals surface area (Å²) in [5.74, 6) is 1.08. The topological polar surface area (TPSA) is 38.1 Å². The van der Waals surface area contributed by atoms with Gasteiger partial charge in [0.05, 0.1) is 0 Å². The Morgan fingerprint density at radius 2 is 2.22 bits per heavy atom. The van der Waals surface area contributed by atoms with Crippen molar-refractivity contribution in [3.63, 3.8) is 0 Å². The molecule has 122 valence electrons. The van der Waals surface area contributed by atoms with E-state index in [9.17, 15) is 4.79 Å². The Morgan fingerprint density at radius 1 is 1.43 bits per heavy atom. The number of amides is 1. The van der Waals surface area contributed by atoms with Crippen LogP contribution in [0.2, 0.25) is 5.02 Å². The molecule has 1 heterocycles. The van der Waals surface area contributed by atoms with Crippen molar-refractivity contribution in [2.45, 2.75) is 32.9 Å². The largest absolute Gasteiger partial charge is 0.335 e. The van der Waals surface area contributed by atoms with Crippen LogP contribution in [0.25, 0.3) is 0 Å². The van der Waals surface area contributed by atoms with Gasteiger partial charge in [0, 0.05) is 49.9 Å². The average molecular weight is 332 g/mol. The molecule has 4 nitrogen and oxygen atoms in total. The van der Waals surface area contributed by atoms with Gasteiger partial charge in [-0.2, -0.15) is 0 Å². The lowest BCUT2D eigenvalue weighted by Gasteiger charge is -2.22. The fraction of sp³-hybridized carbons (Fsp3) is 0.333. The first kappa shape index (κ1) is 17.3.